The van der Waals surface area contributed by atoms with Crippen molar-refractivity contribution in [3.63, 3.8) is 0 Å². The average molecular weight is 340 g/mol. The maximum atomic E-state index is 13.9. The standard InChI is InChI=1S/C16H19ClFN3O2/c17-12-2-1-3-13(18)14(12)10-8-11(10)15(22)20-9-4-6-21(7-5-9)16(19)23/h1-3,9-11H,4-8H2,(H2,19,23)(H,20,22)/t10-,11+/m1/s1. The van der Waals surface area contributed by atoms with Crippen molar-refractivity contribution < 1.29 is 14.0 Å². The molecule has 1 saturated carbocycles. The molecule has 3 N–H and O–H groups in total. The van der Waals surface area contributed by atoms with E-state index in [0.717, 1.165) is 0 Å². The molecule has 1 aromatic carbocycles. The molecule has 0 spiro atoms. The lowest BCUT2D eigenvalue weighted by atomic mass is 10.0. The van der Waals surface area contributed by atoms with Crippen molar-refractivity contribution in [3.8, 4) is 0 Å². The zero-order chi connectivity index (χ0) is 16.6. The summed E-state index contributed by atoms with van der Waals surface area (Å²) in [5.74, 6) is -0.785. The van der Waals surface area contributed by atoms with Gasteiger partial charge in [0.2, 0.25) is 5.91 Å². The van der Waals surface area contributed by atoms with Gasteiger partial charge in [0.15, 0.2) is 0 Å². The number of primary amides is 1. The normalized spacial score (nSPS) is 24.3. The van der Waals surface area contributed by atoms with E-state index < -0.39 is 6.03 Å². The van der Waals surface area contributed by atoms with Crippen molar-refractivity contribution in [1.82, 2.24) is 10.2 Å². The Hall–Kier alpha value is -1.82. The Labute approximate surface area is 139 Å². The van der Waals surface area contributed by atoms with Gasteiger partial charge in [-0.1, -0.05) is 17.7 Å². The number of carbonyl (C=O) groups excluding carboxylic acids is 2. The summed E-state index contributed by atoms with van der Waals surface area (Å²) in [6, 6.07) is 4.19. The first-order valence-corrected chi connectivity index (χ1v) is 8.14. The summed E-state index contributed by atoms with van der Waals surface area (Å²) in [6.07, 6.45) is 1.99. The zero-order valence-electron chi connectivity index (χ0n) is 12.6. The molecule has 23 heavy (non-hydrogen) atoms. The lowest BCUT2D eigenvalue weighted by Crippen LogP contribution is -2.48. The summed E-state index contributed by atoms with van der Waals surface area (Å²) >= 11 is 6.05. The number of piperidine rings is 1. The van der Waals surface area contributed by atoms with E-state index in [1.54, 1.807) is 17.0 Å². The van der Waals surface area contributed by atoms with Crippen molar-refractivity contribution in [3.05, 3.63) is 34.6 Å². The molecule has 124 valence electrons. The van der Waals surface area contributed by atoms with Crippen LogP contribution >= 0.6 is 11.6 Å². The van der Waals surface area contributed by atoms with Gasteiger partial charge >= 0.3 is 6.03 Å². The Balaban J connectivity index is 1.54. The number of likely N-dealkylation sites (tertiary alicyclic amines) is 1. The van der Waals surface area contributed by atoms with Gasteiger partial charge in [-0.3, -0.25) is 4.79 Å². The molecule has 1 heterocycles. The van der Waals surface area contributed by atoms with Crippen molar-refractivity contribution >= 4 is 23.5 Å². The number of benzene rings is 1. The number of nitrogens with zero attached hydrogens (tertiary/aromatic N) is 1. The van der Waals surface area contributed by atoms with E-state index in [4.69, 9.17) is 17.3 Å². The third kappa shape index (κ3) is 3.42. The van der Waals surface area contributed by atoms with Crippen LogP contribution in [0.2, 0.25) is 5.02 Å². The second-order valence-corrected chi connectivity index (χ2v) is 6.60. The number of hydrogen-bond acceptors (Lipinski definition) is 2. The molecule has 2 fully saturated rings. The number of nitrogens with two attached hydrogens (primary N) is 1. The van der Waals surface area contributed by atoms with Gasteiger partial charge < -0.3 is 16.0 Å². The minimum Gasteiger partial charge on any atom is -0.353 e. The fourth-order valence-corrected chi connectivity index (χ4v) is 3.52. The SMILES string of the molecule is NC(=O)N1CCC(NC(=O)[C@H]2C[C@H]2c2c(F)cccc2Cl)CC1. The molecule has 2 atom stereocenters. The van der Waals surface area contributed by atoms with Crippen LogP contribution in [-0.2, 0) is 4.79 Å². The summed E-state index contributed by atoms with van der Waals surface area (Å²) in [6.45, 7) is 1.10. The molecule has 7 heteroatoms. The van der Waals surface area contributed by atoms with Crippen LogP contribution in [0.4, 0.5) is 9.18 Å². The number of hydrogen-bond donors (Lipinski definition) is 2. The highest BCUT2D eigenvalue weighted by Crippen LogP contribution is 2.50. The minimum absolute atomic E-state index is 0.0374. The molecule has 1 aliphatic carbocycles. The molecule has 1 aromatic rings. The average Bonchev–Trinajstić information content (AvgIpc) is 3.28. The van der Waals surface area contributed by atoms with Gasteiger partial charge in [-0.15, -0.1) is 0 Å². The largest absolute Gasteiger partial charge is 0.353 e. The smallest absolute Gasteiger partial charge is 0.314 e. The summed E-state index contributed by atoms with van der Waals surface area (Å²) in [7, 11) is 0. The van der Waals surface area contributed by atoms with Crippen molar-refractivity contribution in [2.45, 2.75) is 31.2 Å². The Morgan fingerprint density at radius 1 is 1.30 bits per heavy atom. The fourth-order valence-electron chi connectivity index (χ4n) is 3.22. The Morgan fingerprint density at radius 3 is 2.61 bits per heavy atom. The van der Waals surface area contributed by atoms with Crippen LogP contribution in [0.25, 0.3) is 0 Å². The molecule has 2 aliphatic rings. The summed E-state index contributed by atoms with van der Waals surface area (Å²) in [5, 5.41) is 3.37. The molecule has 5 nitrogen and oxygen atoms in total. The van der Waals surface area contributed by atoms with Crippen LogP contribution in [0.3, 0.4) is 0 Å². The van der Waals surface area contributed by atoms with E-state index in [0.29, 0.717) is 42.9 Å². The zero-order valence-corrected chi connectivity index (χ0v) is 13.4. The molecule has 0 bridgehead atoms. The topological polar surface area (TPSA) is 75.4 Å². The van der Waals surface area contributed by atoms with Gasteiger partial charge in [0.1, 0.15) is 5.82 Å². The van der Waals surface area contributed by atoms with E-state index >= 15 is 0 Å². The fraction of sp³-hybridized carbons (Fsp3) is 0.500. The first kappa shape index (κ1) is 16.1. The van der Waals surface area contributed by atoms with Crippen molar-refractivity contribution in [1.29, 1.82) is 0 Å². The molecule has 1 aliphatic heterocycles. The second kappa shape index (κ2) is 6.35. The molecule has 0 radical (unpaired) electrons. The van der Waals surface area contributed by atoms with Crippen LogP contribution in [0, 0.1) is 11.7 Å². The molecule has 0 aromatic heterocycles. The highest BCUT2D eigenvalue weighted by Gasteiger charge is 2.46. The van der Waals surface area contributed by atoms with Crippen LogP contribution < -0.4 is 11.1 Å². The number of nitrogens with one attached hydrogen (secondary N) is 1. The number of rotatable bonds is 3. The highest BCUT2D eigenvalue weighted by atomic mass is 35.5. The van der Waals surface area contributed by atoms with Gasteiger partial charge in [0.25, 0.3) is 0 Å². The van der Waals surface area contributed by atoms with Gasteiger partial charge in [-0.25, -0.2) is 9.18 Å². The monoisotopic (exact) mass is 339 g/mol. The van der Waals surface area contributed by atoms with Crippen LogP contribution in [0.1, 0.15) is 30.7 Å². The van der Waals surface area contributed by atoms with Crippen LogP contribution in [0.5, 0.6) is 0 Å². The highest BCUT2D eigenvalue weighted by molar-refractivity contribution is 6.31. The molecule has 3 rings (SSSR count). The Bertz CT molecular complexity index is 612. The van der Waals surface area contributed by atoms with Gasteiger partial charge in [0.05, 0.1) is 0 Å². The third-order valence-electron chi connectivity index (χ3n) is 4.65. The number of amides is 3. The first-order valence-electron chi connectivity index (χ1n) is 7.76. The number of halogens is 2. The molecular weight excluding hydrogens is 321 g/mol. The molecule has 1 saturated heterocycles. The Kier molecular flexibility index (Phi) is 4.43. The summed E-state index contributed by atoms with van der Waals surface area (Å²) < 4.78 is 13.9. The lowest BCUT2D eigenvalue weighted by molar-refractivity contribution is -0.123. The first-order chi connectivity index (χ1) is 11.0. The van der Waals surface area contributed by atoms with Crippen molar-refractivity contribution in [2.24, 2.45) is 11.7 Å². The third-order valence-corrected chi connectivity index (χ3v) is 4.98. The van der Waals surface area contributed by atoms with Crippen LogP contribution in [0.15, 0.2) is 18.2 Å². The minimum atomic E-state index is -0.425. The summed E-state index contributed by atoms with van der Waals surface area (Å²) in [5.41, 5.74) is 5.68. The van der Waals surface area contributed by atoms with E-state index in [9.17, 15) is 14.0 Å². The Morgan fingerprint density at radius 2 is 2.00 bits per heavy atom. The predicted molar refractivity (Wildman–Crippen MR) is 84.6 cm³/mol. The van der Waals surface area contributed by atoms with E-state index in [1.807, 2.05) is 0 Å². The molecule has 3 amide bonds. The maximum absolute atomic E-state index is 13.9. The van der Waals surface area contributed by atoms with Gasteiger partial charge in [-0.2, -0.15) is 0 Å². The van der Waals surface area contributed by atoms with Crippen LogP contribution in [-0.4, -0.2) is 36.0 Å². The van der Waals surface area contributed by atoms with Crippen molar-refractivity contribution in [2.75, 3.05) is 13.1 Å². The summed E-state index contributed by atoms with van der Waals surface area (Å²) in [4.78, 5) is 25.0. The number of carbonyl (C=O) groups is 2. The second-order valence-electron chi connectivity index (χ2n) is 6.19. The van der Waals surface area contributed by atoms with E-state index in [-0.39, 0.29) is 29.6 Å². The number of urea groups is 1. The van der Waals surface area contributed by atoms with E-state index in [1.165, 1.54) is 6.07 Å². The lowest BCUT2D eigenvalue weighted by Gasteiger charge is -2.31. The quantitative estimate of drug-likeness (QED) is 0.886. The molecular formula is C16H19ClFN3O2. The maximum Gasteiger partial charge on any atom is 0.314 e. The van der Waals surface area contributed by atoms with Gasteiger partial charge in [0, 0.05) is 41.6 Å². The van der Waals surface area contributed by atoms with Gasteiger partial charge in [-0.05, 0) is 31.4 Å². The van der Waals surface area contributed by atoms with E-state index in [2.05, 4.69) is 5.32 Å². The predicted octanol–water partition coefficient (Wildman–Crippen LogP) is 2.24. The molecule has 0 unspecified atom stereocenters.